The maximum atomic E-state index is 5.94. The Bertz CT molecular complexity index is 720. The van der Waals surface area contributed by atoms with E-state index in [1.165, 1.54) is 5.56 Å². The lowest BCUT2D eigenvalue weighted by Crippen LogP contribution is -1.94. The van der Waals surface area contributed by atoms with E-state index in [0.29, 0.717) is 0 Å². The number of nitrogens with zero attached hydrogens (tertiary/aromatic N) is 2. The van der Waals surface area contributed by atoms with Crippen LogP contribution in [0.15, 0.2) is 66.0 Å². The highest BCUT2D eigenvalue weighted by Gasteiger charge is 2.09. The Morgan fingerprint density at radius 2 is 1.76 bits per heavy atom. The van der Waals surface area contributed by atoms with Crippen LogP contribution in [0, 0.1) is 0 Å². The van der Waals surface area contributed by atoms with Gasteiger partial charge in [-0.1, -0.05) is 65.8 Å². The molecule has 2 aromatic carbocycles. The van der Waals surface area contributed by atoms with Gasteiger partial charge in [-0.3, -0.25) is 0 Å². The van der Waals surface area contributed by atoms with E-state index in [-0.39, 0.29) is 0 Å². The lowest BCUT2D eigenvalue weighted by Gasteiger charge is -2.06. The zero-order valence-corrected chi connectivity index (χ0v) is 13.2. The Labute approximate surface area is 133 Å². The van der Waals surface area contributed by atoms with Gasteiger partial charge in [0.2, 0.25) is 0 Å². The summed E-state index contributed by atoms with van der Waals surface area (Å²) >= 11 is 7.68. The van der Waals surface area contributed by atoms with Crippen molar-refractivity contribution >= 4 is 23.4 Å². The van der Waals surface area contributed by atoms with Gasteiger partial charge in [0.1, 0.15) is 0 Å². The average molecular weight is 315 g/mol. The van der Waals surface area contributed by atoms with Gasteiger partial charge in [-0.2, -0.15) is 0 Å². The number of halogens is 1. The Kier molecular flexibility index (Phi) is 4.32. The molecule has 0 aliphatic heterocycles. The molecule has 0 radical (unpaired) electrons. The molecule has 0 saturated carbocycles. The summed E-state index contributed by atoms with van der Waals surface area (Å²) in [7, 11) is 2.05. The Balaban J connectivity index is 1.78. The van der Waals surface area contributed by atoms with Crippen LogP contribution in [-0.2, 0) is 12.8 Å². The minimum atomic E-state index is 0.750. The maximum Gasteiger partial charge on any atom is 0.168 e. The molecular weight excluding hydrogens is 300 g/mol. The highest BCUT2D eigenvalue weighted by atomic mass is 35.5. The molecule has 4 heteroatoms. The molecule has 106 valence electrons. The highest BCUT2D eigenvalue weighted by molar-refractivity contribution is 7.98. The minimum absolute atomic E-state index is 0.750. The second-order valence-corrected chi connectivity index (χ2v) is 6.15. The van der Waals surface area contributed by atoms with Crippen LogP contribution in [0.3, 0.4) is 0 Å². The fraction of sp³-hybridized carbons (Fsp3) is 0.118. The van der Waals surface area contributed by atoms with E-state index < -0.39 is 0 Å². The lowest BCUT2D eigenvalue weighted by atomic mass is 10.2. The summed E-state index contributed by atoms with van der Waals surface area (Å²) in [5.41, 5.74) is 3.53. The van der Waals surface area contributed by atoms with E-state index in [1.54, 1.807) is 11.8 Å². The quantitative estimate of drug-likeness (QED) is 0.628. The van der Waals surface area contributed by atoms with Crippen molar-refractivity contribution < 1.29 is 0 Å². The molecule has 0 unspecified atom stereocenters. The molecule has 0 N–H and O–H groups in total. The molecule has 2 nitrogen and oxygen atoms in total. The minimum Gasteiger partial charge on any atom is -0.322 e. The van der Waals surface area contributed by atoms with E-state index in [1.807, 2.05) is 43.6 Å². The summed E-state index contributed by atoms with van der Waals surface area (Å²) in [5.74, 6) is 0.922. The molecule has 0 fully saturated rings. The zero-order valence-electron chi connectivity index (χ0n) is 11.7. The largest absolute Gasteiger partial charge is 0.322 e. The third-order valence-electron chi connectivity index (χ3n) is 3.30. The van der Waals surface area contributed by atoms with Gasteiger partial charge < -0.3 is 4.57 Å². The fourth-order valence-electron chi connectivity index (χ4n) is 2.14. The maximum absolute atomic E-state index is 5.94. The lowest BCUT2D eigenvalue weighted by molar-refractivity contribution is 0.796. The van der Waals surface area contributed by atoms with Crippen molar-refractivity contribution in [2.24, 2.45) is 7.05 Å². The first kappa shape index (κ1) is 14.2. The van der Waals surface area contributed by atoms with Crippen LogP contribution in [0.25, 0.3) is 11.3 Å². The highest BCUT2D eigenvalue weighted by Crippen LogP contribution is 2.27. The van der Waals surface area contributed by atoms with E-state index in [0.717, 1.165) is 27.2 Å². The standard InChI is InChI=1S/C17H15ClN2S/c1-20-16(14-7-9-15(18)10-8-14)11-19-17(20)21-12-13-5-3-2-4-6-13/h2-11H,12H2,1H3. The predicted octanol–water partition coefficient (Wildman–Crippen LogP) is 5.03. The van der Waals surface area contributed by atoms with Gasteiger partial charge in [0.05, 0.1) is 11.9 Å². The molecule has 0 aliphatic rings. The smallest absolute Gasteiger partial charge is 0.168 e. The number of rotatable bonds is 4. The monoisotopic (exact) mass is 314 g/mol. The first-order chi connectivity index (χ1) is 10.2. The second-order valence-electron chi connectivity index (χ2n) is 4.77. The molecule has 0 saturated heterocycles. The summed E-state index contributed by atoms with van der Waals surface area (Å²) in [6.07, 6.45) is 1.91. The normalized spacial score (nSPS) is 10.8. The summed E-state index contributed by atoms with van der Waals surface area (Å²) < 4.78 is 2.12. The Hall–Kier alpha value is -1.71. The topological polar surface area (TPSA) is 17.8 Å². The number of hydrogen-bond acceptors (Lipinski definition) is 2. The van der Waals surface area contributed by atoms with Crippen molar-refractivity contribution in [1.82, 2.24) is 9.55 Å². The van der Waals surface area contributed by atoms with E-state index in [9.17, 15) is 0 Å². The van der Waals surface area contributed by atoms with Crippen molar-refractivity contribution in [3.8, 4) is 11.3 Å². The first-order valence-corrected chi connectivity index (χ1v) is 8.05. The van der Waals surface area contributed by atoms with E-state index >= 15 is 0 Å². The molecule has 0 bridgehead atoms. The van der Waals surface area contributed by atoms with E-state index in [2.05, 4.69) is 33.8 Å². The first-order valence-electron chi connectivity index (χ1n) is 6.68. The molecule has 0 spiro atoms. The Morgan fingerprint density at radius 3 is 2.48 bits per heavy atom. The molecule has 0 amide bonds. The summed E-state index contributed by atoms with van der Waals surface area (Å²) in [6, 6.07) is 18.3. The summed E-state index contributed by atoms with van der Waals surface area (Å²) in [6.45, 7) is 0. The van der Waals surface area contributed by atoms with Crippen LogP contribution < -0.4 is 0 Å². The van der Waals surface area contributed by atoms with E-state index in [4.69, 9.17) is 11.6 Å². The number of thioether (sulfide) groups is 1. The third kappa shape index (κ3) is 3.31. The Morgan fingerprint density at radius 1 is 1.05 bits per heavy atom. The number of aromatic nitrogens is 2. The van der Waals surface area contributed by atoms with Crippen LogP contribution in [0.4, 0.5) is 0 Å². The fourth-order valence-corrected chi connectivity index (χ4v) is 3.17. The van der Waals surface area contributed by atoms with Crippen molar-refractivity contribution in [3.05, 3.63) is 71.4 Å². The zero-order chi connectivity index (χ0) is 14.7. The third-order valence-corrected chi connectivity index (χ3v) is 4.66. The summed E-state index contributed by atoms with van der Waals surface area (Å²) in [4.78, 5) is 4.52. The average Bonchev–Trinajstić information content (AvgIpc) is 2.88. The predicted molar refractivity (Wildman–Crippen MR) is 89.7 cm³/mol. The number of imidazole rings is 1. The molecule has 0 atom stereocenters. The molecule has 0 aliphatic carbocycles. The SMILES string of the molecule is Cn1c(-c2ccc(Cl)cc2)cnc1SCc1ccccc1. The van der Waals surface area contributed by atoms with Gasteiger partial charge in [0.25, 0.3) is 0 Å². The number of hydrogen-bond donors (Lipinski definition) is 0. The number of benzene rings is 2. The molecule has 3 aromatic rings. The summed E-state index contributed by atoms with van der Waals surface area (Å²) in [5, 5.41) is 1.77. The van der Waals surface area contributed by atoms with Crippen molar-refractivity contribution in [2.45, 2.75) is 10.9 Å². The molecule has 1 heterocycles. The van der Waals surface area contributed by atoms with Gasteiger partial charge in [0, 0.05) is 17.8 Å². The molecular formula is C17H15ClN2S. The molecule has 21 heavy (non-hydrogen) atoms. The van der Waals surface area contributed by atoms with Crippen molar-refractivity contribution in [3.63, 3.8) is 0 Å². The second kappa shape index (κ2) is 6.37. The van der Waals surface area contributed by atoms with Crippen molar-refractivity contribution in [1.29, 1.82) is 0 Å². The van der Waals surface area contributed by atoms with Crippen LogP contribution in [0.5, 0.6) is 0 Å². The van der Waals surface area contributed by atoms with Gasteiger partial charge in [-0.15, -0.1) is 0 Å². The van der Waals surface area contributed by atoms with Crippen LogP contribution in [0.2, 0.25) is 5.02 Å². The molecule has 1 aromatic heterocycles. The van der Waals surface area contributed by atoms with Gasteiger partial charge >= 0.3 is 0 Å². The van der Waals surface area contributed by atoms with Crippen molar-refractivity contribution in [2.75, 3.05) is 0 Å². The van der Waals surface area contributed by atoms with Crippen LogP contribution in [-0.4, -0.2) is 9.55 Å². The van der Waals surface area contributed by atoms with Gasteiger partial charge in [0.15, 0.2) is 5.16 Å². The van der Waals surface area contributed by atoms with Gasteiger partial charge in [-0.05, 0) is 23.3 Å². The molecule has 3 rings (SSSR count). The van der Waals surface area contributed by atoms with Crippen LogP contribution in [0.1, 0.15) is 5.56 Å². The van der Waals surface area contributed by atoms with Gasteiger partial charge in [-0.25, -0.2) is 4.98 Å². The van der Waals surface area contributed by atoms with Crippen LogP contribution >= 0.6 is 23.4 Å².